The number of nitrogens with zero attached hydrogens (tertiary/aromatic N) is 3. The molecular formula is C12H11BrFN3. The van der Waals surface area contributed by atoms with Crippen LogP contribution < -0.4 is 4.90 Å². The maximum Gasteiger partial charge on any atom is 0.133 e. The maximum atomic E-state index is 13.5. The van der Waals surface area contributed by atoms with Gasteiger partial charge in [0, 0.05) is 25.2 Å². The summed E-state index contributed by atoms with van der Waals surface area (Å²) in [5, 5.41) is 0. The van der Waals surface area contributed by atoms with Crippen LogP contribution >= 0.6 is 15.9 Å². The highest BCUT2D eigenvalue weighted by Crippen LogP contribution is 2.16. The number of hydrogen-bond acceptors (Lipinski definition) is 3. The second-order valence-electron chi connectivity index (χ2n) is 3.65. The lowest BCUT2D eigenvalue weighted by Gasteiger charge is -2.18. The summed E-state index contributed by atoms with van der Waals surface area (Å²) < 4.78 is 14.2. The first kappa shape index (κ1) is 12.0. The summed E-state index contributed by atoms with van der Waals surface area (Å²) in [5.74, 6) is 0.544. The molecule has 1 aromatic heterocycles. The second-order valence-corrected chi connectivity index (χ2v) is 4.46. The molecule has 2 aromatic rings. The van der Waals surface area contributed by atoms with Crippen LogP contribution in [-0.2, 0) is 6.54 Å². The van der Waals surface area contributed by atoms with Crippen molar-refractivity contribution in [2.75, 3.05) is 11.9 Å². The second kappa shape index (κ2) is 5.23. The number of anilines is 1. The Morgan fingerprint density at radius 1 is 1.29 bits per heavy atom. The molecule has 0 saturated carbocycles. The number of rotatable bonds is 3. The number of aromatic nitrogens is 2. The van der Waals surface area contributed by atoms with E-state index in [1.54, 1.807) is 18.2 Å². The summed E-state index contributed by atoms with van der Waals surface area (Å²) in [6, 6.07) is 8.52. The summed E-state index contributed by atoms with van der Waals surface area (Å²) in [4.78, 5) is 9.95. The number of halogens is 2. The van der Waals surface area contributed by atoms with E-state index in [9.17, 15) is 4.39 Å². The van der Waals surface area contributed by atoms with Crippen molar-refractivity contribution in [2.24, 2.45) is 0 Å². The van der Waals surface area contributed by atoms with Crippen molar-refractivity contribution in [3.63, 3.8) is 0 Å². The van der Waals surface area contributed by atoms with Gasteiger partial charge in [-0.15, -0.1) is 0 Å². The highest BCUT2D eigenvalue weighted by molar-refractivity contribution is 9.10. The van der Waals surface area contributed by atoms with Gasteiger partial charge in [-0.1, -0.05) is 18.2 Å². The Morgan fingerprint density at radius 2 is 2.06 bits per heavy atom. The smallest absolute Gasteiger partial charge is 0.133 e. The molecule has 88 valence electrons. The van der Waals surface area contributed by atoms with Gasteiger partial charge < -0.3 is 4.90 Å². The Kier molecular flexibility index (Phi) is 3.68. The van der Waals surface area contributed by atoms with Crippen LogP contribution in [0.2, 0.25) is 0 Å². The van der Waals surface area contributed by atoms with Gasteiger partial charge in [-0.2, -0.15) is 0 Å². The molecule has 0 aliphatic carbocycles. The topological polar surface area (TPSA) is 29.0 Å². The molecule has 0 spiro atoms. The van der Waals surface area contributed by atoms with Gasteiger partial charge in [-0.05, 0) is 22.0 Å². The highest BCUT2D eigenvalue weighted by Gasteiger charge is 2.07. The molecule has 0 amide bonds. The molecule has 0 radical (unpaired) electrons. The zero-order valence-corrected chi connectivity index (χ0v) is 10.9. The maximum absolute atomic E-state index is 13.5. The zero-order chi connectivity index (χ0) is 12.3. The van der Waals surface area contributed by atoms with Crippen molar-refractivity contribution in [2.45, 2.75) is 6.54 Å². The standard InChI is InChI=1S/C12H11BrFN3/c1-17(12-6-11(13)15-8-16-12)7-9-4-2-3-5-10(9)14/h2-6,8H,7H2,1H3. The van der Waals surface area contributed by atoms with Gasteiger partial charge >= 0.3 is 0 Å². The third-order valence-corrected chi connectivity index (χ3v) is 2.81. The third kappa shape index (κ3) is 3.00. The Labute approximate surface area is 107 Å². The molecule has 0 aliphatic rings. The Hall–Kier alpha value is -1.49. The van der Waals surface area contributed by atoms with Crippen molar-refractivity contribution < 1.29 is 4.39 Å². The van der Waals surface area contributed by atoms with E-state index < -0.39 is 0 Å². The summed E-state index contributed by atoms with van der Waals surface area (Å²) in [5.41, 5.74) is 0.643. The van der Waals surface area contributed by atoms with Gasteiger partial charge in [0.25, 0.3) is 0 Å². The van der Waals surface area contributed by atoms with Crippen LogP contribution in [0.1, 0.15) is 5.56 Å². The van der Waals surface area contributed by atoms with Crippen molar-refractivity contribution in [1.82, 2.24) is 9.97 Å². The SMILES string of the molecule is CN(Cc1ccccc1F)c1cc(Br)ncn1. The Balaban J connectivity index is 2.17. The Bertz CT molecular complexity index is 519. The molecule has 0 atom stereocenters. The summed E-state index contributed by atoms with van der Waals surface area (Å²) in [6.45, 7) is 0.468. The highest BCUT2D eigenvalue weighted by atomic mass is 79.9. The molecule has 1 aromatic carbocycles. The fraction of sp³-hybridized carbons (Fsp3) is 0.167. The molecule has 0 fully saturated rings. The molecule has 1 heterocycles. The van der Waals surface area contributed by atoms with Crippen LogP contribution in [0, 0.1) is 5.82 Å². The molecule has 0 N–H and O–H groups in total. The third-order valence-electron chi connectivity index (χ3n) is 2.38. The van der Waals surface area contributed by atoms with Gasteiger partial charge in [0.1, 0.15) is 22.6 Å². The first-order valence-corrected chi connectivity index (χ1v) is 5.88. The molecule has 2 rings (SSSR count). The van der Waals surface area contributed by atoms with E-state index in [1.165, 1.54) is 12.4 Å². The van der Waals surface area contributed by atoms with Crippen molar-refractivity contribution >= 4 is 21.7 Å². The lowest BCUT2D eigenvalue weighted by molar-refractivity contribution is 0.607. The van der Waals surface area contributed by atoms with E-state index in [-0.39, 0.29) is 5.82 Å². The van der Waals surface area contributed by atoms with E-state index in [4.69, 9.17) is 0 Å². The summed E-state index contributed by atoms with van der Waals surface area (Å²) in [7, 11) is 1.86. The zero-order valence-electron chi connectivity index (χ0n) is 9.27. The normalized spacial score (nSPS) is 10.3. The van der Waals surface area contributed by atoms with Crippen LogP contribution in [0.15, 0.2) is 41.3 Å². The van der Waals surface area contributed by atoms with Gasteiger partial charge in [-0.3, -0.25) is 0 Å². The molecule has 0 saturated heterocycles. The Morgan fingerprint density at radius 3 is 2.76 bits per heavy atom. The van der Waals surface area contributed by atoms with Gasteiger partial charge in [0.15, 0.2) is 0 Å². The van der Waals surface area contributed by atoms with Crippen LogP contribution in [0.4, 0.5) is 10.2 Å². The largest absolute Gasteiger partial charge is 0.355 e. The monoisotopic (exact) mass is 295 g/mol. The van der Waals surface area contributed by atoms with E-state index in [0.717, 1.165) is 5.82 Å². The van der Waals surface area contributed by atoms with Gasteiger partial charge in [0.2, 0.25) is 0 Å². The minimum Gasteiger partial charge on any atom is -0.355 e. The lowest BCUT2D eigenvalue weighted by Crippen LogP contribution is -2.18. The molecule has 0 aliphatic heterocycles. The predicted octanol–water partition coefficient (Wildman–Crippen LogP) is 3.01. The van der Waals surface area contributed by atoms with E-state index >= 15 is 0 Å². The lowest BCUT2D eigenvalue weighted by atomic mass is 10.2. The minimum atomic E-state index is -0.201. The first-order chi connectivity index (χ1) is 8.16. The number of benzene rings is 1. The average Bonchev–Trinajstić information content (AvgIpc) is 2.32. The van der Waals surface area contributed by atoms with Gasteiger partial charge in [-0.25, -0.2) is 14.4 Å². The molecule has 0 bridgehead atoms. The summed E-state index contributed by atoms with van der Waals surface area (Å²) in [6.07, 6.45) is 1.47. The quantitative estimate of drug-likeness (QED) is 0.815. The number of hydrogen-bond donors (Lipinski definition) is 0. The van der Waals surface area contributed by atoms with Crippen LogP contribution in [-0.4, -0.2) is 17.0 Å². The van der Waals surface area contributed by atoms with Crippen molar-refractivity contribution in [3.05, 3.63) is 52.6 Å². The predicted molar refractivity (Wildman–Crippen MR) is 68.2 cm³/mol. The molecule has 5 heteroatoms. The molecule has 17 heavy (non-hydrogen) atoms. The van der Waals surface area contributed by atoms with Gasteiger partial charge in [0.05, 0.1) is 0 Å². The first-order valence-electron chi connectivity index (χ1n) is 5.09. The molecule has 3 nitrogen and oxygen atoms in total. The molecular weight excluding hydrogens is 285 g/mol. The van der Waals surface area contributed by atoms with E-state index in [0.29, 0.717) is 16.7 Å². The fourth-order valence-electron chi connectivity index (χ4n) is 1.50. The van der Waals surface area contributed by atoms with Crippen LogP contribution in [0.3, 0.4) is 0 Å². The molecule has 0 unspecified atom stereocenters. The van der Waals surface area contributed by atoms with Crippen LogP contribution in [0.5, 0.6) is 0 Å². The minimum absolute atomic E-state index is 0.201. The van der Waals surface area contributed by atoms with Crippen LogP contribution in [0.25, 0.3) is 0 Å². The fourth-order valence-corrected chi connectivity index (χ4v) is 1.79. The van der Waals surface area contributed by atoms with E-state index in [1.807, 2.05) is 18.0 Å². The summed E-state index contributed by atoms with van der Waals surface area (Å²) >= 11 is 3.28. The van der Waals surface area contributed by atoms with Crippen molar-refractivity contribution in [1.29, 1.82) is 0 Å². The van der Waals surface area contributed by atoms with Crippen molar-refractivity contribution in [3.8, 4) is 0 Å². The average molecular weight is 296 g/mol. The van der Waals surface area contributed by atoms with E-state index in [2.05, 4.69) is 25.9 Å².